The van der Waals surface area contributed by atoms with Crippen molar-refractivity contribution >= 4 is 37.8 Å². The fourth-order valence-electron chi connectivity index (χ4n) is 2.42. The van der Waals surface area contributed by atoms with Gasteiger partial charge in [0.2, 0.25) is 0 Å². The van der Waals surface area contributed by atoms with Crippen molar-refractivity contribution in [2.45, 2.75) is 30.5 Å². The monoisotopic (exact) mass is 391 g/mol. The number of carbonyl (C=O) groups excluding carboxylic acids is 1. The highest BCUT2D eigenvalue weighted by atomic mass is 79.9. The van der Waals surface area contributed by atoms with Gasteiger partial charge in [-0.25, -0.2) is 4.39 Å². The number of benzene rings is 1. The molecule has 1 aliphatic carbocycles. The molecule has 1 fully saturated rings. The van der Waals surface area contributed by atoms with Gasteiger partial charge in [0.15, 0.2) is 0 Å². The van der Waals surface area contributed by atoms with Crippen molar-refractivity contribution in [2.24, 2.45) is 5.92 Å². The van der Waals surface area contributed by atoms with E-state index in [0.717, 1.165) is 12.8 Å². The maximum atomic E-state index is 13.6. The van der Waals surface area contributed by atoms with Gasteiger partial charge in [-0.1, -0.05) is 34.8 Å². The topological polar surface area (TPSA) is 29.1 Å². The van der Waals surface area contributed by atoms with Crippen LogP contribution in [0.3, 0.4) is 0 Å². The van der Waals surface area contributed by atoms with Crippen LogP contribution in [-0.2, 0) is 0 Å². The normalized spacial score (nSPS) is 23.1. The molecule has 0 heterocycles. The first-order chi connectivity index (χ1) is 9.09. The summed E-state index contributed by atoms with van der Waals surface area (Å²) in [5.41, 5.74) is 0.0874. The van der Waals surface area contributed by atoms with Gasteiger partial charge >= 0.3 is 0 Å². The van der Waals surface area contributed by atoms with Crippen LogP contribution >= 0.6 is 31.9 Å². The van der Waals surface area contributed by atoms with Gasteiger partial charge in [0.1, 0.15) is 5.82 Å². The van der Waals surface area contributed by atoms with E-state index in [4.69, 9.17) is 0 Å². The van der Waals surface area contributed by atoms with Crippen molar-refractivity contribution < 1.29 is 9.18 Å². The first kappa shape index (κ1) is 15.0. The lowest BCUT2D eigenvalue weighted by molar-refractivity contribution is 0.0939. The van der Waals surface area contributed by atoms with Crippen LogP contribution in [-0.4, -0.2) is 17.3 Å². The van der Waals surface area contributed by atoms with E-state index in [1.807, 2.05) is 0 Å². The Kier molecular flexibility index (Phi) is 5.39. The zero-order valence-corrected chi connectivity index (χ0v) is 13.6. The summed E-state index contributed by atoms with van der Waals surface area (Å²) < 4.78 is 14.1. The average Bonchev–Trinajstić information content (AvgIpc) is 2.37. The molecule has 5 heteroatoms. The second kappa shape index (κ2) is 6.84. The van der Waals surface area contributed by atoms with E-state index in [-0.39, 0.29) is 11.5 Å². The van der Waals surface area contributed by atoms with Crippen molar-refractivity contribution in [2.75, 3.05) is 6.54 Å². The van der Waals surface area contributed by atoms with Gasteiger partial charge in [-0.2, -0.15) is 0 Å². The molecule has 2 atom stereocenters. The number of rotatable bonds is 3. The summed E-state index contributed by atoms with van der Waals surface area (Å²) in [5, 5.41) is 2.84. The third-order valence-electron chi connectivity index (χ3n) is 3.53. The minimum absolute atomic E-state index is 0.0874. The van der Waals surface area contributed by atoms with Crippen molar-refractivity contribution in [1.82, 2.24) is 5.32 Å². The maximum Gasteiger partial charge on any atom is 0.255 e. The van der Waals surface area contributed by atoms with Crippen molar-refractivity contribution in [3.63, 3.8) is 0 Å². The molecule has 1 aliphatic rings. The van der Waals surface area contributed by atoms with Gasteiger partial charge in [-0.3, -0.25) is 4.79 Å². The quantitative estimate of drug-likeness (QED) is 0.764. The summed E-state index contributed by atoms with van der Waals surface area (Å²) >= 11 is 6.87. The summed E-state index contributed by atoms with van der Waals surface area (Å²) in [5.74, 6) is -0.413. The lowest BCUT2D eigenvalue weighted by Crippen LogP contribution is -2.35. The molecule has 1 saturated carbocycles. The predicted octanol–water partition coefficient (Wildman–Crippen LogP) is 4.27. The van der Waals surface area contributed by atoms with Crippen molar-refractivity contribution in [3.8, 4) is 0 Å². The number of nitrogens with one attached hydrogen (secondary N) is 1. The third-order valence-corrected chi connectivity index (χ3v) is 5.40. The van der Waals surface area contributed by atoms with E-state index in [1.54, 1.807) is 12.1 Å². The molecule has 2 nitrogen and oxygen atoms in total. The van der Waals surface area contributed by atoms with E-state index in [2.05, 4.69) is 37.2 Å². The van der Waals surface area contributed by atoms with E-state index >= 15 is 0 Å². The highest BCUT2D eigenvalue weighted by Gasteiger charge is 2.24. The van der Waals surface area contributed by atoms with E-state index < -0.39 is 5.82 Å². The van der Waals surface area contributed by atoms with Gasteiger partial charge < -0.3 is 5.32 Å². The van der Waals surface area contributed by atoms with Crippen LogP contribution in [0, 0.1) is 11.7 Å². The number of hydrogen-bond acceptors (Lipinski definition) is 1. The summed E-state index contributed by atoms with van der Waals surface area (Å²) in [6.07, 6.45) is 4.68. The van der Waals surface area contributed by atoms with Crippen molar-refractivity contribution in [1.29, 1.82) is 0 Å². The second-order valence-corrected chi connectivity index (χ2v) is 6.90. The van der Waals surface area contributed by atoms with Gasteiger partial charge in [-0.05, 0) is 46.8 Å². The molecular formula is C14H16Br2FNO. The largest absolute Gasteiger partial charge is 0.352 e. The Morgan fingerprint density at radius 3 is 2.79 bits per heavy atom. The minimum Gasteiger partial charge on any atom is -0.352 e. The van der Waals surface area contributed by atoms with E-state index in [9.17, 15) is 9.18 Å². The molecule has 0 aromatic heterocycles. The Balaban J connectivity index is 1.97. The molecule has 1 amide bonds. The Labute approximate surface area is 129 Å². The fourth-order valence-corrected chi connectivity index (χ4v) is 3.72. The van der Waals surface area contributed by atoms with Crippen LogP contribution in [0.1, 0.15) is 36.0 Å². The van der Waals surface area contributed by atoms with Crippen LogP contribution < -0.4 is 5.32 Å². The molecule has 0 aliphatic heterocycles. The molecule has 2 unspecified atom stereocenters. The Morgan fingerprint density at radius 1 is 1.37 bits per heavy atom. The fraction of sp³-hybridized carbons (Fsp3) is 0.500. The first-order valence-electron chi connectivity index (χ1n) is 6.46. The summed E-state index contributed by atoms with van der Waals surface area (Å²) in [4.78, 5) is 12.5. The van der Waals surface area contributed by atoms with Crippen LogP contribution in [0.4, 0.5) is 4.39 Å². The molecule has 19 heavy (non-hydrogen) atoms. The Morgan fingerprint density at radius 2 is 2.11 bits per heavy atom. The molecule has 1 aromatic carbocycles. The molecule has 1 N–H and O–H groups in total. The van der Waals surface area contributed by atoms with Crippen LogP contribution in [0.5, 0.6) is 0 Å². The minimum atomic E-state index is -0.495. The highest BCUT2D eigenvalue weighted by Crippen LogP contribution is 2.29. The summed E-state index contributed by atoms with van der Waals surface area (Å²) in [7, 11) is 0. The van der Waals surface area contributed by atoms with E-state index in [1.165, 1.54) is 18.9 Å². The molecule has 1 aromatic rings. The summed E-state index contributed by atoms with van der Waals surface area (Å²) in [6, 6.07) is 4.55. The highest BCUT2D eigenvalue weighted by molar-refractivity contribution is 9.10. The van der Waals surface area contributed by atoms with Crippen molar-refractivity contribution in [3.05, 3.63) is 34.1 Å². The smallest absolute Gasteiger partial charge is 0.255 e. The van der Waals surface area contributed by atoms with Gasteiger partial charge in [0.25, 0.3) is 5.91 Å². The number of amides is 1. The summed E-state index contributed by atoms with van der Waals surface area (Å²) in [6.45, 7) is 0.593. The van der Waals surface area contributed by atoms with Gasteiger partial charge in [0, 0.05) is 15.8 Å². The zero-order chi connectivity index (χ0) is 13.8. The van der Waals surface area contributed by atoms with Crippen LogP contribution in [0.15, 0.2) is 22.7 Å². The maximum absolute atomic E-state index is 13.6. The molecule has 0 saturated heterocycles. The zero-order valence-electron chi connectivity index (χ0n) is 10.5. The molecule has 2 rings (SSSR count). The lowest BCUT2D eigenvalue weighted by atomic mass is 9.89. The molecular weight excluding hydrogens is 377 g/mol. The number of hydrogen-bond donors (Lipinski definition) is 1. The Bertz CT molecular complexity index is 447. The lowest BCUT2D eigenvalue weighted by Gasteiger charge is -2.27. The van der Waals surface area contributed by atoms with Gasteiger partial charge in [-0.15, -0.1) is 0 Å². The average molecular weight is 393 g/mol. The SMILES string of the molecule is O=C(NCC1CCCCC1Br)c1c(F)cccc1Br. The second-order valence-electron chi connectivity index (χ2n) is 4.87. The third kappa shape index (κ3) is 3.78. The molecule has 0 radical (unpaired) electrons. The number of halogens is 3. The number of carbonyl (C=O) groups is 1. The van der Waals surface area contributed by atoms with Gasteiger partial charge in [0.05, 0.1) is 5.56 Å². The predicted molar refractivity (Wildman–Crippen MR) is 81.1 cm³/mol. The molecule has 0 spiro atoms. The standard InChI is InChI=1S/C14H16Br2FNO/c15-10-5-2-1-4-9(10)8-18-14(19)13-11(16)6-3-7-12(13)17/h3,6-7,9-10H,1-2,4-5,8H2,(H,18,19). The van der Waals surface area contributed by atoms with Crippen LogP contribution in [0.2, 0.25) is 0 Å². The van der Waals surface area contributed by atoms with Crippen LogP contribution in [0.25, 0.3) is 0 Å². The molecule has 104 valence electrons. The number of alkyl halides is 1. The first-order valence-corrected chi connectivity index (χ1v) is 8.16. The Hall–Kier alpha value is -0.420. The van der Waals surface area contributed by atoms with E-state index in [0.29, 0.717) is 21.8 Å². The molecule has 0 bridgehead atoms.